The maximum atomic E-state index is 4.90. The molecule has 0 aliphatic carbocycles. The molecular formula is H8N6O4+2. The second kappa shape index (κ2) is 2.04. The quantitative estimate of drug-likeness (QED) is 0.162. The van der Waals surface area contributed by atoms with Gasteiger partial charge in [-0.25, -0.2) is 0 Å². The van der Waals surface area contributed by atoms with Crippen molar-refractivity contribution in [2.24, 2.45) is 23.4 Å². The summed E-state index contributed by atoms with van der Waals surface area (Å²) in [6.45, 7) is 0. The standard InChI is InChI=1S/H8N6O4/c1-5(2)7-9-6(3,4)10-8-5/h1-4H2/q+2. The van der Waals surface area contributed by atoms with Gasteiger partial charge >= 0.3 is 0 Å². The van der Waals surface area contributed by atoms with Gasteiger partial charge in [0, 0.05) is 0 Å². The molecule has 1 saturated heterocycles. The normalized spacial score (nSPS) is 30.0. The van der Waals surface area contributed by atoms with Gasteiger partial charge in [-0.1, -0.05) is 23.4 Å². The van der Waals surface area contributed by atoms with Crippen LogP contribution < -0.4 is 23.4 Å². The number of nitrogens with two attached hydrogens (primary N) is 4. The van der Waals surface area contributed by atoms with E-state index in [4.69, 9.17) is 23.4 Å². The van der Waals surface area contributed by atoms with Crippen LogP contribution >= 0.6 is 0 Å². The molecule has 0 atom stereocenters. The number of quaternary nitrogens is 2. The molecule has 1 fully saturated rings. The van der Waals surface area contributed by atoms with Crippen molar-refractivity contribution in [2.45, 2.75) is 0 Å². The Kier molecular flexibility index (Phi) is 1.57. The highest BCUT2D eigenvalue weighted by molar-refractivity contribution is 3.45. The molecule has 0 saturated carbocycles. The van der Waals surface area contributed by atoms with Crippen LogP contribution in [0.3, 0.4) is 0 Å². The molecule has 0 aromatic carbocycles. The monoisotopic (exact) mass is 156 g/mol. The molecule has 1 rings (SSSR count). The minimum absolute atomic E-state index is 1.39. The van der Waals surface area contributed by atoms with Crippen molar-refractivity contribution in [3.05, 3.63) is 0 Å². The van der Waals surface area contributed by atoms with Crippen LogP contribution in [0.1, 0.15) is 0 Å². The summed E-state index contributed by atoms with van der Waals surface area (Å²) in [5, 5.41) is -2.79. The summed E-state index contributed by atoms with van der Waals surface area (Å²) in [6, 6.07) is 0. The highest BCUT2D eigenvalue weighted by Crippen LogP contribution is 2.07. The maximum Gasteiger partial charge on any atom is 0.180 e. The van der Waals surface area contributed by atoms with Crippen LogP contribution in [0.2, 0.25) is 0 Å². The van der Waals surface area contributed by atoms with Crippen LogP contribution in [0.25, 0.3) is 0 Å². The van der Waals surface area contributed by atoms with Crippen LogP contribution in [0, 0.1) is 0 Å². The predicted octanol–water partition coefficient (Wildman–Crippen LogP) is -3.32. The molecule has 1 aliphatic heterocycles. The third kappa shape index (κ3) is 1.79. The zero-order chi connectivity index (χ0) is 7.83. The Morgan fingerprint density at radius 1 is 0.600 bits per heavy atom. The summed E-state index contributed by atoms with van der Waals surface area (Å²) < 4.78 is 0. The molecule has 0 unspecified atom stereocenters. The fraction of sp³-hybridized carbons (Fsp3) is 0. The van der Waals surface area contributed by atoms with Crippen molar-refractivity contribution in [1.82, 2.24) is 0 Å². The Morgan fingerprint density at radius 2 is 0.800 bits per heavy atom. The lowest BCUT2D eigenvalue weighted by Crippen LogP contribution is -2.72. The van der Waals surface area contributed by atoms with Crippen molar-refractivity contribution in [2.75, 3.05) is 0 Å². The smallest absolute Gasteiger partial charge is 0.0873 e. The summed E-state index contributed by atoms with van der Waals surface area (Å²) in [7, 11) is 0. The summed E-state index contributed by atoms with van der Waals surface area (Å²) >= 11 is 0. The minimum Gasteiger partial charge on any atom is -0.0873 e. The second-order valence-corrected chi connectivity index (χ2v) is 1.59. The topological polar surface area (TPSA) is 141 Å². The summed E-state index contributed by atoms with van der Waals surface area (Å²) in [4.78, 5) is 16.2. The zero-order valence-electron chi connectivity index (χ0n) is 4.84. The van der Waals surface area contributed by atoms with Crippen LogP contribution in [0.15, 0.2) is 0 Å². The van der Waals surface area contributed by atoms with Gasteiger partial charge in [0.05, 0.1) is 0 Å². The Labute approximate surface area is 54.7 Å². The van der Waals surface area contributed by atoms with Crippen LogP contribution in [0.4, 0.5) is 0 Å². The van der Waals surface area contributed by atoms with Gasteiger partial charge in [-0.05, 0) is 0 Å². The zero-order valence-corrected chi connectivity index (χ0v) is 4.84. The van der Waals surface area contributed by atoms with Crippen LogP contribution in [-0.2, 0) is 20.0 Å². The number of hydrogen-bond donors (Lipinski definition) is 4. The van der Waals surface area contributed by atoms with E-state index in [1.54, 1.807) is 0 Å². The molecule has 10 heavy (non-hydrogen) atoms. The van der Waals surface area contributed by atoms with E-state index in [1.165, 1.54) is 0 Å². The first-order valence-corrected chi connectivity index (χ1v) is 2.10. The van der Waals surface area contributed by atoms with E-state index < -0.39 is 10.1 Å². The van der Waals surface area contributed by atoms with Crippen molar-refractivity contribution in [3.8, 4) is 0 Å². The fourth-order valence-corrected chi connectivity index (χ4v) is 0.233. The van der Waals surface area contributed by atoms with Crippen LogP contribution in [-0.4, -0.2) is 10.1 Å². The van der Waals surface area contributed by atoms with Gasteiger partial charge in [-0.15, -0.1) is 0 Å². The molecular weight excluding hydrogens is 148 g/mol. The third-order valence-corrected chi connectivity index (χ3v) is 0.533. The first-order chi connectivity index (χ1) is 4.41. The number of nitrogens with zero attached hydrogens (tertiary/aromatic N) is 2. The molecule has 10 heteroatoms. The van der Waals surface area contributed by atoms with Gasteiger partial charge in [0.25, 0.3) is 0 Å². The van der Waals surface area contributed by atoms with E-state index in [1.807, 2.05) is 0 Å². The summed E-state index contributed by atoms with van der Waals surface area (Å²) in [5.41, 5.74) is 0. The first-order valence-electron chi connectivity index (χ1n) is 2.10. The second-order valence-electron chi connectivity index (χ2n) is 1.59. The lowest BCUT2D eigenvalue weighted by Gasteiger charge is -2.23. The van der Waals surface area contributed by atoms with Gasteiger partial charge < -0.3 is 0 Å². The Morgan fingerprint density at radius 3 is 1.00 bits per heavy atom. The largest absolute Gasteiger partial charge is 0.180 e. The highest BCUT2D eigenvalue weighted by atomic mass is 17.7. The third-order valence-electron chi connectivity index (χ3n) is 0.533. The van der Waals surface area contributed by atoms with Gasteiger partial charge in [0.15, 0.2) is 10.1 Å². The van der Waals surface area contributed by atoms with E-state index in [0.29, 0.717) is 0 Å². The number of hydrogen-bond acceptors (Lipinski definition) is 8. The average Bonchev–Trinajstić information content (AvgIpc) is 1.79. The lowest BCUT2D eigenvalue weighted by molar-refractivity contribution is -1.52. The maximum absolute atomic E-state index is 4.90. The summed E-state index contributed by atoms with van der Waals surface area (Å²) in [5.74, 6) is 19.6. The van der Waals surface area contributed by atoms with Crippen molar-refractivity contribution in [3.63, 3.8) is 0 Å². The van der Waals surface area contributed by atoms with E-state index in [9.17, 15) is 0 Å². The summed E-state index contributed by atoms with van der Waals surface area (Å²) in [6.07, 6.45) is 0. The van der Waals surface area contributed by atoms with E-state index in [0.717, 1.165) is 0 Å². The molecule has 1 aliphatic rings. The van der Waals surface area contributed by atoms with Gasteiger partial charge in [-0.3, -0.25) is 0 Å². The average molecular weight is 156 g/mol. The highest BCUT2D eigenvalue weighted by Gasteiger charge is 2.46. The van der Waals surface area contributed by atoms with Crippen LogP contribution in [0.5, 0.6) is 0 Å². The fourth-order valence-electron chi connectivity index (χ4n) is 0.233. The molecule has 60 valence electrons. The molecule has 0 bridgehead atoms. The Balaban J connectivity index is 2.46. The van der Waals surface area contributed by atoms with Gasteiger partial charge in [0.1, 0.15) is 20.0 Å². The van der Waals surface area contributed by atoms with Crippen molar-refractivity contribution < 1.29 is 30.0 Å². The molecule has 1 heterocycles. The van der Waals surface area contributed by atoms with Crippen molar-refractivity contribution in [1.29, 1.82) is 0 Å². The molecule has 8 N–H and O–H groups in total. The molecule has 0 amide bonds. The van der Waals surface area contributed by atoms with E-state index >= 15 is 0 Å². The molecule has 0 aromatic rings. The number of rotatable bonds is 0. The lowest BCUT2D eigenvalue weighted by atomic mass is 12.2. The van der Waals surface area contributed by atoms with Crippen molar-refractivity contribution >= 4 is 0 Å². The minimum atomic E-state index is -1.39. The van der Waals surface area contributed by atoms with Gasteiger partial charge in [0.2, 0.25) is 0 Å². The van der Waals surface area contributed by atoms with E-state index in [-0.39, 0.29) is 0 Å². The molecule has 10 nitrogen and oxygen atoms in total. The first kappa shape index (κ1) is 7.70. The van der Waals surface area contributed by atoms with Gasteiger partial charge in [-0.2, -0.15) is 0 Å². The predicted molar refractivity (Wildman–Crippen MR) is 21.6 cm³/mol. The Bertz CT molecular complexity index is 102. The molecule has 0 radical (unpaired) electrons. The molecule has 0 spiro atoms. The molecule has 0 aromatic heterocycles. The van der Waals surface area contributed by atoms with E-state index in [2.05, 4.69) is 20.0 Å². The Hall–Kier alpha value is -0.400. The SMILES string of the molecule is N[N+]1(N)OO[N+](N)(N)OO1.